The zero-order chi connectivity index (χ0) is 22.3. The van der Waals surface area contributed by atoms with Crippen LogP contribution in [0.2, 0.25) is 5.02 Å². The predicted octanol–water partition coefficient (Wildman–Crippen LogP) is 3.22. The van der Waals surface area contributed by atoms with Gasteiger partial charge in [0.15, 0.2) is 0 Å². The van der Waals surface area contributed by atoms with Gasteiger partial charge in [-0.1, -0.05) is 11.6 Å². The maximum absolute atomic E-state index is 12.8. The summed E-state index contributed by atoms with van der Waals surface area (Å²) in [5.41, 5.74) is 0.336. The molecule has 0 aliphatic carbocycles. The van der Waals surface area contributed by atoms with Crippen LogP contribution in [0, 0.1) is 0 Å². The van der Waals surface area contributed by atoms with Crippen molar-refractivity contribution in [1.82, 2.24) is 5.32 Å². The summed E-state index contributed by atoms with van der Waals surface area (Å²) in [6.45, 7) is 5.64. The zero-order valence-corrected chi connectivity index (χ0v) is 18.3. The Morgan fingerprint density at radius 3 is 2.33 bits per heavy atom. The molecule has 1 unspecified atom stereocenters. The third kappa shape index (κ3) is 6.11. The van der Waals surface area contributed by atoms with Crippen LogP contribution in [0.1, 0.15) is 31.1 Å². The van der Waals surface area contributed by atoms with Crippen LogP contribution < -0.4 is 14.8 Å². The van der Waals surface area contributed by atoms with E-state index in [9.17, 15) is 18.0 Å². The molecule has 162 valence electrons. The number of halogens is 1. The van der Waals surface area contributed by atoms with Gasteiger partial charge >= 0.3 is 5.97 Å². The lowest BCUT2D eigenvalue weighted by molar-refractivity contribution is -0.144. The highest BCUT2D eigenvalue weighted by Gasteiger charge is 2.22. The summed E-state index contributed by atoms with van der Waals surface area (Å²) in [5, 5.41) is 2.41. The second-order valence-electron chi connectivity index (χ2n) is 6.16. The van der Waals surface area contributed by atoms with E-state index in [2.05, 4.69) is 10.0 Å². The quantitative estimate of drug-likeness (QED) is 0.563. The summed E-state index contributed by atoms with van der Waals surface area (Å²) in [7, 11) is -4.07. The van der Waals surface area contributed by atoms with E-state index >= 15 is 0 Å². The van der Waals surface area contributed by atoms with Gasteiger partial charge in [0.1, 0.15) is 16.7 Å². The molecule has 0 saturated carbocycles. The van der Waals surface area contributed by atoms with Gasteiger partial charge in [-0.25, -0.2) is 13.2 Å². The molecule has 30 heavy (non-hydrogen) atoms. The molecule has 8 nitrogen and oxygen atoms in total. The van der Waals surface area contributed by atoms with Crippen molar-refractivity contribution in [3.63, 3.8) is 0 Å². The normalized spacial score (nSPS) is 12.0. The number of hydrogen-bond acceptors (Lipinski definition) is 6. The van der Waals surface area contributed by atoms with Crippen molar-refractivity contribution < 1.29 is 27.5 Å². The van der Waals surface area contributed by atoms with E-state index in [1.54, 1.807) is 31.2 Å². The molecule has 0 aliphatic heterocycles. The highest BCUT2D eigenvalue weighted by Crippen LogP contribution is 2.26. The smallest absolute Gasteiger partial charge is 0.328 e. The summed E-state index contributed by atoms with van der Waals surface area (Å²) in [6, 6.07) is 9.28. The van der Waals surface area contributed by atoms with Crippen molar-refractivity contribution in [3.8, 4) is 5.75 Å². The summed E-state index contributed by atoms with van der Waals surface area (Å²) in [6.07, 6.45) is 0. The fraction of sp³-hybridized carbons (Fsp3) is 0.300. The van der Waals surface area contributed by atoms with E-state index in [4.69, 9.17) is 21.1 Å². The number of nitrogens with one attached hydrogen (secondary N) is 2. The third-order valence-corrected chi connectivity index (χ3v) is 5.75. The van der Waals surface area contributed by atoms with Gasteiger partial charge in [-0.05, 0) is 63.2 Å². The lowest BCUT2D eigenvalue weighted by Gasteiger charge is -2.14. The Morgan fingerprint density at radius 1 is 1.07 bits per heavy atom. The van der Waals surface area contributed by atoms with E-state index < -0.39 is 27.9 Å². The third-order valence-electron chi connectivity index (χ3n) is 3.89. The molecule has 0 spiro atoms. The molecule has 0 aliphatic rings. The summed E-state index contributed by atoms with van der Waals surface area (Å²) < 4.78 is 38.2. The van der Waals surface area contributed by atoms with E-state index in [0.717, 1.165) is 6.07 Å². The van der Waals surface area contributed by atoms with E-state index in [-0.39, 0.29) is 22.1 Å². The number of esters is 1. The average molecular weight is 455 g/mol. The van der Waals surface area contributed by atoms with Gasteiger partial charge in [0.25, 0.3) is 15.9 Å². The Kier molecular flexibility index (Phi) is 8.08. The largest absolute Gasteiger partial charge is 0.494 e. The topological polar surface area (TPSA) is 111 Å². The Labute approximate surface area is 180 Å². The first kappa shape index (κ1) is 23.5. The van der Waals surface area contributed by atoms with E-state index in [1.165, 1.54) is 19.1 Å². The molecule has 0 radical (unpaired) electrons. The fourth-order valence-electron chi connectivity index (χ4n) is 2.45. The molecule has 2 rings (SSSR count). The van der Waals surface area contributed by atoms with Crippen molar-refractivity contribution >= 4 is 39.2 Å². The van der Waals surface area contributed by atoms with E-state index in [1.807, 2.05) is 6.92 Å². The summed E-state index contributed by atoms with van der Waals surface area (Å²) >= 11 is 6.07. The van der Waals surface area contributed by atoms with Crippen LogP contribution >= 0.6 is 11.6 Å². The Hall–Kier alpha value is -2.78. The van der Waals surface area contributed by atoms with Gasteiger partial charge in [-0.3, -0.25) is 9.52 Å². The summed E-state index contributed by atoms with van der Waals surface area (Å²) in [5.74, 6) is -0.623. The van der Waals surface area contributed by atoms with Crippen LogP contribution in [0.15, 0.2) is 47.4 Å². The minimum Gasteiger partial charge on any atom is -0.494 e. The molecule has 1 atom stereocenters. The minimum atomic E-state index is -4.07. The number of benzene rings is 2. The number of rotatable bonds is 9. The van der Waals surface area contributed by atoms with Gasteiger partial charge in [0, 0.05) is 11.3 Å². The number of ether oxygens (including phenoxy) is 2. The molecule has 0 fully saturated rings. The van der Waals surface area contributed by atoms with Gasteiger partial charge in [0.2, 0.25) is 0 Å². The Balaban J connectivity index is 2.22. The number of amides is 1. The van der Waals surface area contributed by atoms with Crippen LogP contribution in [-0.4, -0.2) is 39.5 Å². The number of sulfonamides is 1. The van der Waals surface area contributed by atoms with Crippen LogP contribution in [0.3, 0.4) is 0 Å². The molecule has 10 heteroatoms. The van der Waals surface area contributed by atoms with Crippen LogP contribution in [-0.2, 0) is 19.6 Å². The Morgan fingerprint density at radius 2 is 1.73 bits per heavy atom. The molecule has 1 amide bonds. The average Bonchev–Trinajstić information content (AvgIpc) is 2.69. The first-order valence-corrected chi connectivity index (χ1v) is 11.1. The highest BCUT2D eigenvalue weighted by molar-refractivity contribution is 7.92. The zero-order valence-electron chi connectivity index (χ0n) is 16.8. The number of anilines is 1. The first-order valence-electron chi connectivity index (χ1n) is 9.20. The molecule has 0 heterocycles. The fourth-order valence-corrected chi connectivity index (χ4v) is 4.04. The lowest BCUT2D eigenvalue weighted by Crippen LogP contribution is -2.39. The molecule has 2 aromatic rings. The molecular formula is C20H23ClN2O6S. The predicted molar refractivity (Wildman–Crippen MR) is 113 cm³/mol. The number of hydrogen-bond donors (Lipinski definition) is 2. The SMILES string of the molecule is CCOC(=O)C(C)NC(=O)c1ccc(Cl)c(S(=O)(=O)Nc2ccc(OCC)cc2)c1. The maximum atomic E-state index is 12.8. The van der Waals surface area contributed by atoms with Gasteiger partial charge < -0.3 is 14.8 Å². The van der Waals surface area contributed by atoms with Crippen molar-refractivity contribution in [2.45, 2.75) is 31.7 Å². The summed E-state index contributed by atoms with van der Waals surface area (Å²) in [4.78, 5) is 23.8. The van der Waals surface area contributed by atoms with Crippen molar-refractivity contribution in [2.24, 2.45) is 0 Å². The monoisotopic (exact) mass is 454 g/mol. The first-order chi connectivity index (χ1) is 14.2. The van der Waals surface area contributed by atoms with Crippen LogP contribution in [0.4, 0.5) is 5.69 Å². The van der Waals surface area contributed by atoms with Crippen molar-refractivity contribution in [2.75, 3.05) is 17.9 Å². The van der Waals surface area contributed by atoms with Crippen LogP contribution in [0.25, 0.3) is 0 Å². The van der Waals surface area contributed by atoms with Crippen molar-refractivity contribution in [3.05, 3.63) is 53.1 Å². The van der Waals surface area contributed by atoms with Crippen LogP contribution in [0.5, 0.6) is 5.75 Å². The lowest BCUT2D eigenvalue weighted by atomic mass is 10.2. The number of carbonyl (C=O) groups excluding carboxylic acids is 2. The van der Waals surface area contributed by atoms with Gasteiger partial charge in [-0.15, -0.1) is 0 Å². The second kappa shape index (κ2) is 10.3. The van der Waals surface area contributed by atoms with Crippen molar-refractivity contribution in [1.29, 1.82) is 0 Å². The number of carbonyl (C=O) groups is 2. The molecule has 2 N–H and O–H groups in total. The maximum Gasteiger partial charge on any atom is 0.328 e. The van der Waals surface area contributed by atoms with E-state index in [0.29, 0.717) is 18.0 Å². The molecule has 0 saturated heterocycles. The van der Waals surface area contributed by atoms with Gasteiger partial charge in [-0.2, -0.15) is 0 Å². The second-order valence-corrected chi connectivity index (χ2v) is 8.21. The molecule has 2 aromatic carbocycles. The highest BCUT2D eigenvalue weighted by atomic mass is 35.5. The molecule has 0 aromatic heterocycles. The standard InChI is InChI=1S/C20H23ClN2O6S/c1-4-28-16-9-7-15(8-10-16)23-30(26,27)18-12-14(6-11-17(18)21)19(24)22-13(3)20(25)29-5-2/h6-13,23H,4-5H2,1-3H3,(H,22,24). The molecule has 0 bridgehead atoms. The minimum absolute atomic E-state index is 0.0302. The van der Waals surface area contributed by atoms with Gasteiger partial charge in [0.05, 0.1) is 18.2 Å². The Bertz CT molecular complexity index is 1010. The molecular weight excluding hydrogens is 432 g/mol.